The molecule has 0 aromatic carbocycles. The highest BCUT2D eigenvalue weighted by molar-refractivity contribution is 5.90. The number of aryl methyl sites for hydroxylation is 1. The van der Waals surface area contributed by atoms with Crippen molar-refractivity contribution in [3.8, 4) is 0 Å². The monoisotopic (exact) mass is 266 g/mol. The standard InChI is InChI=1S/C14H22N2O3/c1-7-19-13(17)10-8-15-12(16-9(10)2)11(18-6)14(3,4)5/h8,11H,7H2,1-6H3. The molecule has 0 radical (unpaired) electrons. The van der Waals surface area contributed by atoms with Crippen LogP contribution in [0.5, 0.6) is 0 Å². The van der Waals surface area contributed by atoms with Crippen molar-refractivity contribution in [1.82, 2.24) is 9.97 Å². The quantitative estimate of drug-likeness (QED) is 0.784. The summed E-state index contributed by atoms with van der Waals surface area (Å²) in [5, 5.41) is 0. The van der Waals surface area contributed by atoms with E-state index in [1.54, 1.807) is 21.0 Å². The number of hydrogen-bond acceptors (Lipinski definition) is 5. The molecule has 1 aromatic rings. The lowest BCUT2D eigenvalue weighted by Crippen LogP contribution is -2.23. The SMILES string of the molecule is CCOC(=O)c1cnc(C(OC)C(C)(C)C)nc1C. The molecule has 0 saturated heterocycles. The van der Waals surface area contributed by atoms with Gasteiger partial charge in [0, 0.05) is 13.3 Å². The number of nitrogens with zero attached hydrogens (tertiary/aromatic N) is 2. The van der Waals surface area contributed by atoms with Crippen LogP contribution in [-0.2, 0) is 9.47 Å². The van der Waals surface area contributed by atoms with E-state index >= 15 is 0 Å². The molecular formula is C14H22N2O3. The van der Waals surface area contributed by atoms with Gasteiger partial charge in [-0.25, -0.2) is 14.8 Å². The molecule has 0 aliphatic carbocycles. The Labute approximate surface area is 114 Å². The van der Waals surface area contributed by atoms with Crippen molar-refractivity contribution in [2.45, 2.75) is 40.7 Å². The van der Waals surface area contributed by atoms with E-state index in [1.165, 1.54) is 6.20 Å². The molecule has 0 N–H and O–H groups in total. The van der Waals surface area contributed by atoms with E-state index in [0.29, 0.717) is 23.7 Å². The molecule has 0 spiro atoms. The summed E-state index contributed by atoms with van der Waals surface area (Å²) in [5.41, 5.74) is 0.885. The fourth-order valence-corrected chi connectivity index (χ4v) is 1.87. The van der Waals surface area contributed by atoms with Crippen LogP contribution in [-0.4, -0.2) is 29.7 Å². The van der Waals surface area contributed by atoms with E-state index < -0.39 is 5.97 Å². The Morgan fingerprint density at radius 1 is 1.42 bits per heavy atom. The summed E-state index contributed by atoms with van der Waals surface area (Å²) in [5.74, 6) is 0.192. The van der Waals surface area contributed by atoms with Gasteiger partial charge in [0.25, 0.3) is 0 Å². The van der Waals surface area contributed by atoms with Crippen LogP contribution in [0.1, 0.15) is 55.7 Å². The van der Waals surface area contributed by atoms with Crippen LogP contribution in [0.25, 0.3) is 0 Å². The lowest BCUT2D eigenvalue weighted by molar-refractivity contribution is 0.00845. The summed E-state index contributed by atoms with van der Waals surface area (Å²) in [6.07, 6.45) is 1.29. The number of rotatable bonds is 4. The first-order valence-electron chi connectivity index (χ1n) is 6.34. The molecule has 0 bridgehead atoms. The molecular weight excluding hydrogens is 244 g/mol. The third kappa shape index (κ3) is 3.73. The second kappa shape index (κ2) is 6.10. The van der Waals surface area contributed by atoms with Crippen LogP contribution < -0.4 is 0 Å². The summed E-state index contributed by atoms with van der Waals surface area (Å²) >= 11 is 0. The van der Waals surface area contributed by atoms with Gasteiger partial charge in [0.1, 0.15) is 6.10 Å². The molecule has 1 rings (SSSR count). The normalized spacial score (nSPS) is 13.2. The number of ether oxygens (including phenoxy) is 2. The number of carbonyl (C=O) groups excluding carboxylic acids is 1. The number of esters is 1. The molecule has 106 valence electrons. The number of carbonyl (C=O) groups is 1. The largest absolute Gasteiger partial charge is 0.462 e. The maximum absolute atomic E-state index is 11.7. The van der Waals surface area contributed by atoms with E-state index in [2.05, 4.69) is 30.7 Å². The minimum atomic E-state index is -0.392. The fourth-order valence-electron chi connectivity index (χ4n) is 1.87. The highest BCUT2D eigenvalue weighted by atomic mass is 16.5. The molecule has 0 fully saturated rings. The van der Waals surface area contributed by atoms with E-state index in [0.717, 1.165) is 0 Å². The van der Waals surface area contributed by atoms with Gasteiger partial charge in [-0.3, -0.25) is 0 Å². The molecule has 5 heteroatoms. The number of hydrogen-bond donors (Lipinski definition) is 0. The van der Waals surface area contributed by atoms with Gasteiger partial charge in [-0.1, -0.05) is 20.8 Å². The molecule has 1 aromatic heterocycles. The van der Waals surface area contributed by atoms with Crippen LogP contribution in [0, 0.1) is 12.3 Å². The number of aromatic nitrogens is 2. The van der Waals surface area contributed by atoms with Gasteiger partial charge in [0.15, 0.2) is 5.82 Å². The molecule has 1 heterocycles. The Morgan fingerprint density at radius 3 is 2.47 bits per heavy atom. The van der Waals surface area contributed by atoms with Crippen LogP contribution >= 0.6 is 0 Å². The van der Waals surface area contributed by atoms with Crippen molar-refractivity contribution in [1.29, 1.82) is 0 Å². The van der Waals surface area contributed by atoms with E-state index in [4.69, 9.17) is 9.47 Å². The summed E-state index contributed by atoms with van der Waals surface area (Å²) < 4.78 is 10.4. The lowest BCUT2D eigenvalue weighted by atomic mass is 9.88. The topological polar surface area (TPSA) is 61.3 Å². The fraction of sp³-hybridized carbons (Fsp3) is 0.643. The highest BCUT2D eigenvalue weighted by Crippen LogP contribution is 2.33. The third-order valence-electron chi connectivity index (χ3n) is 2.75. The first kappa shape index (κ1) is 15.6. The van der Waals surface area contributed by atoms with Crippen molar-refractivity contribution in [3.05, 3.63) is 23.3 Å². The molecule has 0 saturated carbocycles. The Kier molecular flexibility index (Phi) is 5.00. The van der Waals surface area contributed by atoms with Crippen molar-refractivity contribution in [2.75, 3.05) is 13.7 Å². The van der Waals surface area contributed by atoms with Gasteiger partial charge < -0.3 is 9.47 Å². The second-order valence-electron chi connectivity index (χ2n) is 5.43. The maximum Gasteiger partial charge on any atom is 0.341 e. The van der Waals surface area contributed by atoms with E-state index in [-0.39, 0.29) is 11.5 Å². The Hall–Kier alpha value is -1.49. The minimum Gasteiger partial charge on any atom is -0.462 e. The molecule has 5 nitrogen and oxygen atoms in total. The zero-order chi connectivity index (χ0) is 14.6. The van der Waals surface area contributed by atoms with Gasteiger partial charge in [-0.05, 0) is 19.3 Å². The predicted molar refractivity (Wildman–Crippen MR) is 71.9 cm³/mol. The van der Waals surface area contributed by atoms with Crippen molar-refractivity contribution in [2.24, 2.45) is 5.41 Å². The summed E-state index contributed by atoms with van der Waals surface area (Å²) in [7, 11) is 1.63. The molecule has 0 aliphatic heterocycles. The summed E-state index contributed by atoms with van der Waals surface area (Å²) in [6.45, 7) is 10.0. The van der Waals surface area contributed by atoms with Crippen LogP contribution in [0.3, 0.4) is 0 Å². The average Bonchev–Trinajstić information content (AvgIpc) is 2.28. The van der Waals surface area contributed by atoms with Gasteiger partial charge in [-0.15, -0.1) is 0 Å². The van der Waals surface area contributed by atoms with Crippen LogP contribution in [0.4, 0.5) is 0 Å². The minimum absolute atomic E-state index is 0.118. The molecule has 0 aliphatic rings. The van der Waals surface area contributed by atoms with Gasteiger partial charge in [0.2, 0.25) is 0 Å². The van der Waals surface area contributed by atoms with Gasteiger partial charge in [-0.2, -0.15) is 0 Å². The number of methoxy groups -OCH3 is 1. The molecule has 19 heavy (non-hydrogen) atoms. The summed E-state index contributed by atoms with van der Waals surface area (Å²) in [6, 6.07) is 0. The molecule has 0 amide bonds. The highest BCUT2D eigenvalue weighted by Gasteiger charge is 2.29. The smallest absolute Gasteiger partial charge is 0.341 e. The van der Waals surface area contributed by atoms with Crippen molar-refractivity contribution in [3.63, 3.8) is 0 Å². The van der Waals surface area contributed by atoms with E-state index in [1.807, 2.05) is 0 Å². The summed E-state index contributed by atoms with van der Waals surface area (Å²) in [4.78, 5) is 20.3. The first-order chi connectivity index (χ1) is 8.81. The third-order valence-corrected chi connectivity index (χ3v) is 2.75. The van der Waals surface area contributed by atoms with Crippen LogP contribution in [0.2, 0.25) is 0 Å². The van der Waals surface area contributed by atoms with E-state index in [9.17, 15) is 4.79 Å². The maximum atomic E-state index is 11.7. The van der Waals surface area contributed by atoms with Crippen LogP contribution in [0.15, 0.2) is 6.20 Å². The second-order valence-corrected chi connectivity index (χ2v) is 5.43. The van der Waals surface area contributed by atoms with Gasteiger partial charge >= 0.3 is 5.97 Å². The zero-order valence-electron chi connectivity index (χ0n) is 12.5. The lowest BCUT2D eigenvalue weighted by Gasteiger charge is -2.28. The zero-order valence-corrected chi connectivity index (χ0v) is 12.5. The first-order valence-corrected chi connectivity index (χ1v) is 6.34. The average molecular weight is 266 g/mol. The molecule has 1 unspecified atom stereocenters. The van der Waals surface area contributed by atoms with Crippen molar-refractivity contribution < 1.29 is 14.3 Å². The predicted octanol–water partition coefficient (Wildman–Crippen LogP) is 2.70. The van der Waals surface area contributed by atoms with Gasteiger partial charge in [0.05, 0.1) is 17.9 Å². The Bertz CT molecular complexity index is 452. The Balaban J connectivity index is 3.08. The van der Waals surface area contributed by atoms with Crippen molar-refractivity contribution >= 4 is 5.97 Å². The Morgan fingerprint density at radius 2 is 2.05 bits per heavy atom. The molecule has 1 atom stereocenters.